The number of carbonyl (C=O) groups is 2. The van der Waals surface area contributed by atoms with E-state index in [9.17, 15) is 9.59 Å². The Morgan fingerprint density at radius 2 is 2.14 bits per heavy atom. The van der Waals surface area contributed by atoms with Crippen LogP contribution in [0.5, 0.6) is 0 Å². The van der Waals surface area contributed by atoms with Gasteiger partial charge >= 0.3 is 5.97 Å². The van der Waals surface area contributed by atoms with Gasteiger partial charge in [-0.2, -0.15) is 5.10 Å². The highest BCUT2D eigenvalue weighted by molar-refractivity contribution is 7.13. The minimum Gasteiger partial charge on any atom is -0.477 e. The smallest absolute Gasteiger partial charge is 0.345 e. The van der Waals surface area contributed by atoms with Crippen LogP contribution in [0.3, 0.4) is 0 Å². The van der Waals surface area contributed by atoms with E-state index in [1.807, 2.05) is 26.1 Å². The molecule has 0 fully saturated rings. The predicted molar refractivity (Wildman–Crippen MR) is 79.4 cm³/mol. The van der Waals surface area contributed by atoms with Crippen molar-refractivity contribution in [3.63, 3.8) is 0 Å². The summed E-state index contributed by atoms with van der Waals surface area (Å²) < 4.78 is 1.81. The van der Waals surface area contributed by atoms with Gasteiger partial charge in [-0.25, -0.2) is 4.79 Å². The van der Waals surface area contributed by atoms with Gasteiger partial charge < -0.3 is 10.4 Å². The molecule has 2 aromatic heterocycles. The van der Waals surface area contributed by atoms with Crippen LogP contribution in [0.15, 0.2) is 24.4 Å². The van der Waals surface area contributed by atoms with Crippen LogP contribution in [-0.2, 0) is 17.8 Å². The number of hydrogen-bond donors (Lipinski definition) is 2. The van der Waals surface area contributed by atoms with Crippen LogP contribution in [-0.4, -0.2) is 26.8 Å². The fourth-order valence-corrected chi connectivity index (χ4v) is 2.55. The lowest BCUT2D eigenvalue weighted by molar-refractivity contribution is -0.120. The second-order valence-corrected chi connectivity index (χ2v) is 6.07. The van der Waals surface area contributed by atoms with Crippen molar-refractivity contribution in [2.45, 2.75) is 32.9 Å². The molecule has 0 spiro atoms. The Labute approximate surface area is 126 Å². The Morgan fingerprint density at radius 1 is 1.38 bits per heavy atom. The highest BCUT2D eigenvalue weighted by atomic mass is 32.1. The van der Waals surface area contributed by atoms with E-state index in [2.05, 4.69) is 10.4 Å². The predicted octanol–water partition coefficient (Wildman–Crippen LogP) is 2.08. The summed E-state index contributed by atoms with van der Waals surface area (Å²) in [5.74, 6) is -1.08. The lowest BCUT2D eigenvalue weighted by atomic mass is 10.3. The van der Waals surface area contributed by atoms with Crippen LogP contribution in [0.4, 0.5) is 0 Å². The maximum absolute atomic E-state index is 11.8. The summed E-state index contributed by atoms with van der Waals surface area (Å²) in [5, 5.41) is 15.9. The van der Waals surface area contributed by atoms with Gasteiger partial charge in [0, 0.05) is 17.1 Å². The van der Waals surface area contributed by atoms with Crippen molar-refractivity contribution < 1.29 is 14.7 Å². The molecule has 0 saturated heterocycles. The molecular weight excluding hydrogens is 290 g/mol. The summed E-state index contributed by atoms with van der Waals surface area (Å²) in [6.07, 6.45) is 2.07. The number of amides is 1. The van der Waals surface area contributed by atoms with E-state index in [0.29, 0.717) is 6.54 Å². The number of rotatable bonds is 6. The molecule has 0 unspecified atom stereocenters. The van der Waals surface area contributed by atoms with Crippen molar-refractivity contribution in [3.8, 4) is 0 Å². The fourth-order valence-electron chi connectivity index (χ4n) is 1.76. The minimum absolute atomic E-state index is 0.130. The molecule has 0 aromatic carbocycles. The van der Waals surface area contributed by atoms with Gasteiger partial charge in [-0.3, -0.25) is 9.48 Å². The average molecular weight is 307 g/mol. The molecule has 2 heterocycles. The van der Waals surface area contributed by atoms with Gasteiger partial charge in [0.15, 0.2) is 0 Å². The molecule has 7 heteroatoms. The second kappa shape index (κ2) is 6.53. The fraction of sp³-hybridized carbons (Fsp3) is 0.357. The molecule has 0 atom stereocenters. The van der Waals surface area contributed by atoms with Gasteiger partial charge in [-0.05, 0) is 32.0 Å². The Morgan fingerprint density at radius 3 is 2.71 bits per heavy atom. The lowest BCUT2D eigenvalue weighted by Gasteiger charge is -2.04. The molecule has 1 amide bonds. The molecule has 0 radical (unpaired) electrons. The van der Waals surface area contributed by atoms with Crippen molar-refractivity contribution >= 4 is 23.2 Å². The van der Waals surface area contributed by atoms with Crippen molar-refractivity contribution in [1.82, 2.24) is 15.1 Å². The topological polar surface area (TPSA) is 84.2 Å². The number of aromatic nitrogens is 2. The SMILES string of the molecule is CC(C)n1ccc(CC(=O)NCc2ccc(C(=O)O)s2)n1. The van der Waals surface area contributed by atoms with Crippen molar-refractivity contribution in [1.29, 1.82) is 0 Å². The highest BCUT2D eigenvalue weighted by Crippen LogP contribution is 2.16. The van der Waals surface area contributed by atoms with E-state index in [1.54, 1.807) is 16.8 Å². The summed E-state index contributed by atoms with van der Waals surface area (Å²) in [5.41, 5.74) is 0.721. The maximum Gasteiger partial charge on any atom is 0.345 e. The molecule has 2 N–H and O–H groups in total. The normalized spacial score (nSPS) is 10.8. The van der Waals surface area contributed by atoms with E-state index < -0.39 is 5.97 Å². The Kier molecular flexibility index (Phi) is 4.74. The average Bonchev–Trinajstić information content (AvgIpc) is 3.05. The van der Waals surface area contributed by atoms with Crippen molar-refractivity contribution in [2.24, 2.45) is 0 Å². The molecule has 0 aliphatic carbocycles. The monoisotopic (exact) mass is 307 g/mol. The van der Waals surface area contributed by atoms with Gasteiger partial charge in [0.1, 0.15) is 4.88 Å². The zero-order valence-electron chi connectivity index (χ0n) is 11.9. The minimum atomic E-state index is -0.947. The van der Waals surface area contributed by atoms with Crippen LogP contribution in [0.2, 0.25) is 0 Å². The van der Waals surface area contributed by atoms with E-state index in [0.717, 1.165) is 21.9 Å². The largest absolute Gasteiger partial charge is 0.477 e. The molecule has 2 rings (SSSR count). The van der Waals surface area contributed by atoms with Crippen LogP contribution in [0.1, 0.15) is 40.1 Å². The number of aromatic carboxylic acids is 1. The quantitative estimate of drug-likeness (QED) is 0.856. The van der Waals surface area contributed by atoms with E-state index in [-0.39, 0.29) is 23.2 Å². The zero-order chi connectivity index (χ0) is 15.4. The summed E-state index contributed by atoms with van der Waals surface area (Å²) >= 11 is 1.16. The van der Waals surface area contributed by atoms with Gasteiger partial charge in [-0.15, -0.1) is 11.3 Å². The molecular formula is C14H17N3O3S. The van der Waals surface area contributed by atoms with Gasteiger partial charge in [-0.1, -0.05) is 0 Å². The first-order chi connectivity index (χ1) is 9.95. The van der Waals surface area contributed by atoms with Gasteiger partial charge in [0.05, 0.1) is 18.7 Å². The Hall–Kier alpha value is -2.15. The number of thiophene rings is 1. The van der Waals surface area contributed by atoms with Gasteiger partial charge in [0.25, 0.3) is 0 Å². The van der Waals surface area contributed by atoms with Gasteiger partial charge in [0.2, 0.25) is 5.91 Å². The van der Waals surface area contributed by atoms with Crippen molar-refractivity contribution in [2.75, 3.05) is 0 Å². The second-order valence-electron chi connectivity index (χ2n) is 4.91. The highest BCUT2D eigenvalue weighted by Gasteiger charge is 2.10. The maximum atomic E-state index is 11.8. The van der Waals surface area contributed by atoms with Crippen LogP contribution >= 0.6 is 11.3 Å². The third-order valence-electron chi connectivity index (χ3n) is 2.87. The molecule has 0 bridgehead atoms. The first kappa shape index (κ1) is 15.2. The number of nitrogens with zero attached hydrogens (tertiary/aromatic N) is 2. The van der Waals surface area contributed by atoms with E-state index in [1.165, 1.54) is 0 Å². The molecule has 0 aliphatic heterocycles. The molecule has 2 aromatic rings. The molecule has 21 heavy (non-hydrogen) atoms. The number of hydrogen-bond acceptors (Lipinski definition) is 4. The van der Waals surface area contributed by atoms with E-state index in [4.69, 9.17) is 5.11 Å². The first-order valence-electron chi connectivity index (χ1n) is 6.58. The summed E-state index contributed by atoms with van der Waals surface area (Å²) in [4.78, 5) is 23.7. The van der Waals surface area contributed by atoms with Crippen LogP contribution < -0.4 is 5.32 Å². The van der Waals surface area contributed by atoms with Crippen LogP contribution in [0.25, 0.3) is 0 Å². The number of carboxylic acids is 1. The number of nitrogens with one attached hydrogen (secondary N) is 1. The molecule has 6 nitrogen and oxygen atoms in total. The Balaban J connectivity index is 1.85. The lowest BCUT2D eigenvalue weighted by Crippen LogP contribution is -2.24. The third kappa shape index (κ3) is 4.16. The number of carboxylic acid groups (broad SMARTS) is 1. The molecule has 112 valence electrons. The summed E-state index contributed by atoms with van der Waals surface area (Å²) in [6.45, 7) is 4.38. The third-order valence-corrected chi connectivity index (χ3v) is 3.94. The summed E-state index contributed by atoms with van der Waals surface area (Å²) in [6, 6.07) is 5.34. The van der Waals surface area contributed by atoms with E-state index >= 15 is 0 Å². The Bertz CT molecular complexity index is 645. The number of carbonyl (C=O) groups excluding carboxylic acids is 1. The molecule has 0 saturated carbocycles. The molecule has 0 aliphatic rings. The van der Waals surface area contributed by atoms with Crippen LogP contribution in [0, 0.1) is 0 Å². The first-order valence-corrected chi connectivity index (χ1v) is 7.40. The standard InChI is InChI=1S/C14H17N3O3S/c1-9(2)17-6-5-10(16-17)7-13(18)15-8-11-3-4-12(21-11)14(19)20/h3-6,9H,7-8H2,1-2H3,(H,15,18)(H,19,20). The zero-order valence-corrected chi connectivity index (χ0v) is 12.7. The van der Waals surface area contributed by atoms with Crippen molar-refractivity contribution in [3.05, 3.63) is 39.8 Å². The summed E-state index contributed by atoms with van der Waals surface area (Å²) in [7, 11) is 0.